The van der Waals surface area contributed by atoms with Gasteiger partial charge < -0.3 is 14.8 Å². The highest BCUT2D eigenvalue weighted by molar-refractivity contribution is 4.76. The Bertz CT molecular complexity index is 199. The fraction of sp³-hybridized carbons (Fsp3) is 1.00. The summed E-state index contributed by atoms with van der Waals surface area (Å²) in [5.41, 5.74) is 0. The van der Waals surface area contributed by atoms with Crippen molar-refractivity contribution in [2.45, 2.75) is 64.4 Å². The number of methoxy groups -OCH3 is 1. The Morgan fingerprint density at radius 2 is 2.05 bits per heavy atom. The molecule has 0 aromatic rings. The minimum Gasteiger partial charge on any atom is -0.383 e. The molecule has 1 rings (SSSR count). The van der Waals surface area contributed by atoms with Crippen LogP contribution in [0.3, 0.4) is 0 Å². The molecule has 0 bridgehead atoms. The maximum absolute atomic E-state index is 5.98. The lowest BCUT2D eigenvalue weighted by atomic mass is 9.90. The van der Waals surface area contributed by atoms with Crippen molar-refractivity contribution in [1.82, 2.24) is 5.32 Å². The summed E-state index contributed by atoms with van der Waals surface area (Å²) in [6.45, 7) is 6.08. The average Bonchev–Trinajstić information content (AvgIpc) is 2.45. The molecule has 19 heavy (non-hydrogen) atoms. The molecule has 0 amide bonds. The summed E-state index contributed by atoms with van der Waals surface area (Å²) in [4.78, 5) is 0. The number of hydrogen-bond acceptors (Lipinski definition) is 3. The van der Waals surface area contributed by atoms with Crippen LogP contribution in [0, 0.1) is 5.92 Å². The van der Waals surface area contributed by atoms with Crippen LogP contribution in [0.1, 0.15) is 58.3 Å². The van der Waals surface area contributed by atoms with Gasteiger partial charge in [0.1, 0.15) is 0 Å². The van der Waals surface area contributed by atoms with Crippen LogP contribution in [0.2, 0.25) is 0 Å². The molecule has 114 valence electrons. The minimum absolute atomic E-state index is 0.491. The maximum atomic E-state index is 5.98. The highest BCUT2D eigenvalue weighted by Crippen LogP contribution is 2.24. The normalized spacial score (nSPS) is 23.7. The Morgan fingerprint density at radius 3 is 2.84 bits per heavy atom. The molecule has 2 atom stereocenters. The van der Waals surface area contributed by atoms with Gasteiger partial charge in [0, 0.05) is 26.8 Å². The first-order valence-electron chi connectivity index (χ1n) is 8.19. The highest BCUT2D eigenvalue weighted by Gasteiger charge is 2.24. The smallest absolute Gasteiger partial charge is 0.0615 e. The molecule has 1 fully saturated rings. The van der Waals surface area contributed by atoms with Crippen molar-refractivity contribution < 1.29 is 9.47 Å². The zero-order valence-corrected chi connectivity index (χ0v) is 13.0. The second-order valence-electron chi connectivity index (χ2n) is 5.71. The zero-order valence-electron chi connectivity index (χ0n) is 13.0. The summed E-state index contributed by atoms with van der Waals surface area (Å²) in [7, 11) is 1.75. The summed E-state index contributed by atoms with van der Waals surface area (Å²) in [5.74, 6) is 0.705. The highest BCUT2D eigenvalue weighted by atomic mass is 16.5. The third-order valence-corrected chi connectivity index (χ3v) is 4.06. The van der Waals surface area contributed by atoms with Crippen molar-refractivity contribution in [1.29, 1.82) is 0 Å². The molecule has 2 unspecified atom stereocenters. The van der Waals surface area contributed by atoms with E-state index in [-0.39, 0.29) is 0 Å². The molecule has 3 heteroatoms. The fourth-order valence-corrected chi connectivity index (χ4v) is 2.87. The Morgan fingerprint density at radius 1 is 1.21 bits per heavy atom. The van der Waals surface area contributed by atoms with Crippen LogP contribution < -0.4 is 5.32 Å². The number of unbranched alkanes of at least 4 members (excludes halogenated alkanes) is 4. The first-order valence-corrected chi connectivity index (χ1v) is 8.19. The summed E-state index contributed by atoms with van der Waals surface area (Å²) in [6, 6.07) is 0. The van der Waals surface area contributed by atoms with Gasteiger partial charge in [0.15, 0.2) is 0 Å². The topological polar surface area (TPSA) is 30.5 Å². The Balaban J connectivity index is 2.12. The lowest BCUT2D eigenvalue weighted by Gasteiger charge is -2.32. The van der Waals surface area contributed by atoms with Crippen molar-refractivity contribution in [3.63, 3.8) is 0 Å². The van der Waals surface area contributed by atoms with Crippen molar-refractivity contribution >= 4 is 0 Å². The molecule has 1 heterocycles. The molecule has 0 aliphatic carbocycles. The van der Waals surface area contributed by atoms with Crippen LogP contribution in [0.25, 0.3) is 0 Å². The van der Waals surface area contributed by atoms with E-state index in [0.29, 0.717) is 12.0 Å². The lowest BCUT2D eigenvalue weighted by molar-refractivity contribution is -0.0316. The van der Waals surface area contributed by atoms with Gasteiger partial charge in [-0.2, -0.15) is 0 Å². The minimum atomic E-state index is 0.491. The largest absolute Gasteiger partial charge is 0.383 e. The van der Waals surface area contributed by atoms with Gasteiger partial charge in [-0.05, 0) is 25.2 Å². The molecule has 0 radical (unpaired) electrons. The van der Waals surface area contributed by atoms with Gasteiger partial charge in [0.25, 0.3) is 0 Å². The van der Waals surface area contributed by atoms with Gasteiger partial charge in [-0.25, -0.2) is 0 Å². The molecule has 1 aliphatic rings. The Labute approximate surface area is 119 Å². The summed E-state index contributed by atoms with van der Waals surface area (Å²) in [6.07, 6.45) is 11.1. The average molecular weight is 271 g/mol. The van der Waals surface area contributed by atoms with E-state index in [1.165, 1.54) is 51.4 Å². The van der Waals surface area contributed by atoms with Gasteiger partial charge in [-0.3, -0.25) is 0 Å². The molecular formula is C16H33NO2. The van der Waals surface area contributed by atoms with E-state index in [0.717, 1.165) is 26.3 Å². The number of rotatable bonds is 11. The van der Waals surface area contributed by atoms with Crippen LogP contribution in [0.15, 0.2) is 0 Å². The Hall–Kier alpha value is -0.120. The molecular weight excluding hydrogens is 238 g/mol. The fourth-order valence-electron chi connectivity index (χ4n) is 2.87. The Kier molecular flexibility index (Phi) is 10.4. The van der Waals surface area contributed by atoms with Crippen LogP contribution in [-0.2, 0) is 9.47 Å². The standard InChI is InChI=1S/C16H33NO2/c1-3-4-5-6-7-10-16-15(9-8-12-19-16)14-17-11-13-18-2/h15-17H,3-14H2,1-2H3. The van der Waals surface area contributed by atoms with Crippen molar-refractivity contribution in [2.24, 2.45) is 5.92 Å². The quantitative estimate of drug-likeness (QED) is 0.584. The van der Waals surface area contributed by atoms with Crippen LogP contribution in [-0.4, -0.2) is 39.5 Å². The van der Waals surface area contributed by atoms with E-state index in [1.807, 2.05) is 0 Å². The second kappa shape index (κ2) is 11.7. The molecule has 0 aromatic heterocycles. The van der Waals surface area contributed by atoms with Crippen molar-refractivity contribution in [3.8, 4) is 0 Å². The van der Waals surface area contributed by atoms with E-state index < -0.39 is 0 Å². The van der Waals surface area contributed by atoms with E-state index in [9.17, 15) is 0 Å². The van der Waals surface area contributed by atoms with E-state index in [2.05, 4.69) is 12.2 Å². The van der Waals surface area contributed by atoms with Gasteiger partial charge >= 0.3 is 0 Å². The van der Waals surface area contributed by atoms with Crippen molar-refractivity contribution in [2.75, 3.05) is 33.4 Å². The predicted octanol–water partition coefficient (Wildman–Crippen LogP) is 3.38. The zero-order chi connectivity index (χ0) is 13.8. The number of nitrogens with one attached hydrogen (secondary N) is 1. The van der Waals surface area contributed by atoms with Crippen LogP contribution in [0.4, 0.5) is 0 Å². The summed E-state index contributed by atoms with van der Waals surface area (Å²) < 4.78 is 11.0. The third-order valence-electron chi connectivity index (χ3n) is 4.06. The molecule has 3 nitrogen and oxygen atoms in total. The second-order valence-corrected chi connectivity index (χ2v) is 5.71. The SMILES string of the molecule is CCCCCCCC1OCCCC1CNCCOC. The number of hydrogen-bond donors (Lipinski definition) is 1. The lowest BCUT2D eigenvalue weighted by Crippen LogP contribution is -2.37. The van der Waals surface area contributed by atoms with E-state index in [1.54, 1.807) is 7.11 Å². The summed E-state index contributed by atoms with van der Waals surface area (Å²) in [5, 5.41) is 3.49. The van der Waals surface area contributed by atoms with Gasteiger partial charge in [-0.1, -0.05) is 39.0 Å². The monoisotopic (exact) mass is 271 g/mol. The maximum Gasteiger partial charge on any atom is 0.0615 e. The first-order chi connectivity index (χ1) is 9.38. The number of ether oxygens (including phenoxy) is 2. The first kappa shape index (κ1) is 16.9. The third kappa shape index (κ3) is 7.91. The molecule has 0 spiro atoms. The van der Waals surface area contributed by atoms with Crippen LogP contribution in [0.5, 0.6) is 0 Å². The predicted molar refractivity (Wildman–Crippen MR) is 80.6 cm³/mol. The van der Waals surface area contributed by atoms with Crippen LogP contribution >= 0.6 is 0 Å². The molecule has 1 N–H and O–H groups in total. The summed E-state index contributed by atoms with van der Waals surface area (Å²) >= 11 is 0. The molecule has 0 aromatic carbocycles. The van der Waals surface area contributed by atoms with Crippen molar-refractivity contribution in [3.05, 3.63) is 0 Å². The van der Waals surface area contributed by atoms with Gasteiger partial charge in [0.2, 0.25) is 0 Å². The van der Waals surface area contributed by atoms with Gasteiger partial charge in [0.05, 0.1) is 12.7 Å². The van der Waals surface area contributed by atoms with E-state index in [4.69, 9.17) is 9.47 Å². The molecule has 1 aliphatic heterocycles. The molecule has 1 saturated heterocycles. The van der Waals surface area contributed by atoms with E-state index >= 15 is 0 Å². The van der Waals surface area contributed by atoms with Gasteiger partial charge in [-0.15, -0.1) is 0 Å². The molecule has 0 saturated carbocycles.